The van der Waals surface area contributed by atoms with E-state index in [2.05, 4.69) is 4.90 Å². The van der Waals surface area contributed by atoms with Gasteiger partial charge in [-0.3, -0.25) is 14.5 Å². The number of morpholine rings is 1. The van der Waals surface area contributed by atoms with Gasteiger partial charge in [-0.25, -0.2) is 5.01 Å². The first-order chi connectivity index (χ1) is 20.0. The van der Waals surface area contributed by atoms with E-state index in [-0.39, 0.29) is 24.3 Å². The molecular formula is C31H39ClN4O5. The van der Waals surface area contributed by atoms with Crippen molar-refractivity contribution >= 4 is 29.1 Å². The molecule has 41 heavy (non-hydrogen) atoms. The van der Waals surface area contributed by atoms with Gasteiger partial charge in [0, 0.05) is 54.7 Å². The first kappa shape index (κ1) is 29.4. The van der Waals surface area contributed by atoms with Crippen molar-refractivity contribution in [2.45, 2.75) is 38.1 Å². The molecule has 0 N–H and O–H groups in total. The van der Waals surface area contributed by atoms with Crippen molar-refractivity contribution in [1.82, 2.24) is 14.8 Å². The standard InChI is InChI=1S/C31H39ClN4O5/c1-39-23-11-12-29(40-2)25(19-23)28-20-27(24-9-5-6-10-26(24)32)33-36(28)30(37)21-35(31(38)22-7-3-4-8-22)14-13-34-15-17-41-18-16-34/h5-6,9-12,19,22,28H,3-4,7-8,13-18,20-21H2,1-2H3/t28-/m0/s1. The average molecular weight is 583 g/mol. The number of ether oxygens (including phenoxy) is 3. The highest BCUT2D eigenvalue weighted by Crippen LogP contribution is 2.40. The van der Waals surface area contributed by atoms with Crippen molar-refractivity contribution < 1.29 is 23.8 Å². The van der Waals surface area contributed by atoms with E-state index < -0.39 is 6.04 Å². The predicted octanol–water partition coefficient (Wildman–Crippen LogP) is 4.39. The van der Waals surface area contributed by atoms with Crippen molar-refractivity contribution in [3.8, 4) is 11.5 Å². The van der Waals surface area contributed by atoms with Crippen LogP contribution >= 0.6 is 11.6 Å². The molecule has 5 rings (SSSR count). The molecule has 10 heteroatoms. The van der Waals surface area contributed by atoms with Gasteiger partial charge in [0.05, 0.1) is 39.2 Å². The second-order valence-corrected chi connectivity index (χ2v) is 11.2. The van der Waals surface area contributed by atoms with Crippen molar-refractivity contribution in [2.75, 3.05) is 60.2 Å². The van der Waals surface area contributed by atoms with Gasteiger partial charge in [-0.2, -0.15) is 5.10 Å². The molecule has 9 nitrogen and oxygen atoms in total. The second kappa shape index (κ2) is 13.7. The minimum absolute atomic E-state index is 0.0254. The van der Waals surface area contributed by atoms with Crippen LogP contribution in [0.2, 0.25) is 5.02 Å². The normalized spacial score (nSPS) is 19.7. The largest absolute Gasteiger partial charge is 0.497 e. The highest BCUT2D eigenvalue weighted by molar-refractivity contribution is 6.34. The van der Waals surface area contributed by atoms with Crippen molar-refractivity contribution in [1.29, 1.82) is 0 Å². The number of benzene rings is 2. The number of rotatable bonds is 10. The smallest absolute Gasteiger partial charge is 0.262 e. The van der Waals surface area contributed by atoms with Crippen molar-refractivity contribution in [3.05, 3.63) is 58.6 Å². The maximum Gasteiger partial charge on any atom is 0.262 e. The molecule has 1 saturated heterocycles. The van der Waals surface area contributed by atoms with Gasteiger partial charge in [0.15, 0.2) is 0 Å². The highest BCUT2D eigenvalue weighted by atomic mass is 35.5. The minimum Gasteiger partial charge on any atom is -0.497 e. The van der Waals surface area contributed by atoms with E-state index in [1.165, 1.54) is 5.01 Å². The van der Waals surface area contributed by atoms with E-state index in [1.807, 2.05) is 42.5 Å². The summed E-state index contributed by atoms with van der Waals surface area (Å²) in [5.74, 6) is 1.09. The summed E-state index contributed by atoms with van der Waals surface area (Å²) in [6, 6.07) is 12.6. The first-order valence-electron chi connectivity index (χ1n) is 14.4. The van der Waals surface area contributed by atoms with Gasteiger partial charge in [0.1, 0.15) is 18.0 Å². The molecule has 220 valence electrons. The molecule has 0 aromatic heterocycles. The Labute approximate surface area is 247 Å². The number of carbonyl (C=O) groups is 2. The lowest BCUT2D eigenvalue weighted by Crippen LogP contribution is -2.48. The molecule has 2 aliphatic heterocycles. The van der Waals surface area contributed by atoms with Gasteiger partial charge in [0.2, 0.25) is 5.91 Å². The van der Waals surface area contributed by atoms with Crippen molar-refractivity contribution in [2.24, 2.45) is 11.0 Å². The van der Waals surface area contributed by atoms with Crippen LogP contribution < -0.4 is 9.47 Å². The lowest BCUT2D eigenvalue weighted by Gasteiger charge is -2.32. The molecule has 1 saturated carbocycles. The Hall–Kier alpha value is -3.14. The summed E-state index contributed by atoms with van der Waals surface area (Å²) in [6.07, 6.45) is 4.31. The summed E-state index contributed by atoms with van der Waals surface area (Å²) in [7, 11) is 3.21. The molecule has 0 spiro atoms. The minimum atomic E-state index is -0.443. The average Bonchev–Trinajstić information content (AvgIpc) is 3.70. The van der Waals surface area contributed by atoms with E-state index >= 15 is 0 Å². The zero-order chi connectivity index (χ0) is 28.8. The van der Waals surface area contributed by atoms with Crippen molar-refractivity contribution in [3.63, 3.8) is 0 Å². The maximum atomic E-state index is 14.1. The van der Waals surface area contributed by atoms with E-state index in [0.29, 0.717) is 55.0 Å². The number of hydrogen-bond donors (Lipinski definition) is 0. The summed E-state index contributed by atoms with van der Waals surface area (Å²) >= 11 is 6.55. The summed E-state index contributed by atoms with van der Waals surface area (Å²) in [6.45, 7) is 4.18. The van der Waals surface area contributed by atoms with Gasteiger partial charge in [-0.1, -0.05) is 42.6 Å². The summed E-state index contributed by atoms with van der Waals surface area (Å²) in [5, 5.41) is 6.91. The van der Waals surface area contributed by atoms with Crippen LogP contribution in [0.25, 0.3) is 0 Å². The van der Waals surface area contributed by atoms with Crippen LogP contribution in [0.4, 0.5) is 0 Å². The van der Waals surface area contributed by atoms with Crippen LogP contribution in [-0.4, -0.2) is 92.5 Å². The number of carbonyl (C=O) groups excluding carboxylic acids is 2. The quantitative estimate of drug-likeness (QED) is 0.413. The van der Waals surface area contributed by atoms with Crippen LogP contribution in [0.15, 0.2) is 47.6 Å². The van der Waals surface area contributed by atoms with Gasteiger partial charge < -0.3 is 19.1 Å². The van der Waals surface area contributed by atoms with Gasteiger partial charge in [-0.15, -0.1) is 0 Å². The zero-order valence-corrected chi connectivity index (χ0v) is 24.6. The number of amides is 2. The molecular weight excluding hydrogens is 544 g/mol. The number of halogens is 1. The molecule has 1 aliphatic carbocycles. The van der Waals surface area contributed by atoms with E-state index in [9.17, 15) is 9.59 Å². The SMILES string of the molecule is COc1ccc(OC)c([C@@H]2CC(c3ccccc3Cl)=NN2C(=O)CN(CCN2CCOCC2)C(=O)C2CCCC2)c1. The van der Waals surface area contributed by atoms with Gasteiger partial charge in [0.25, 0.3) is 5.91 Å². The summed E-state index contributed by atoms with van der Waals surface area (Å²) in [4.78, 5) is 31.8. The third kappa shape index (κ3) is 6.85. The molecule has 3 aliphatic rings. The Kier molecular flexibility index (Phi) is 9.80. The molecule has 1 atom stereocenters. The number of hydrazone groups is 1. The Balaban J connectivity index is 1.44. The fraction of sp³-hybridized carbons (Fsp3) is 0.516. The topological polar surface area (TPSA) is 83.9 Å². The third-order valence-electron chi connectivity index (χ3n) is 8.28. The lowest BCUT2D eigenvalue weighted by molar-refractivity contribution is -0.144. The van der Waals surface area contributed by atoms with E-state index in [0.717, 1.165) is 49.9 Å². The maximum absolute atomic E-state index is 14.1. The molecule has 2 fully saturated rings. The zero-order valence-electron chi connectivity index (χ0n) is 23.9. The number of methoxy groups -OCH3 is 2. The fourth-order valence-corrected chi connectivity index (χ4v) is 6.21. The molecule has 0 bridgehead atoms. The third-order valence-corrected chi connectivity index (χ3v) is 8.61. The van der Waals surface area contributed by atoms with Crippen LogP contribution in [-0.2, 0) is 14.3 Å². The van der Waals surface area contributed by atoms with Crippen LogP contribution in [0.3, 0.4) is 0 Å². The first-order valence-corrected chi connectivity index (χ1v) is 14.8. The Morgan fingerprint density at radius 2 is 1.83 bits per heavy atom. The van der Waals surface area contributed by atoms with E-state index in [4.69, 9.17) is 30.9 Å². The lowest BCUT2D eigenvalue weighted by atomic mass is 9.97. The Morgan fingerprint density at radius 3 is 2.54 bits per heavy atom. The molecule has 2 amide bonds. The number of nitrogens with zero attached hydrogens (tertiary/aromatic N) is 4. The summed E-state index contributed by atoms with van der Waals surface area (Å²) in [5.41, 5.74) is 2.27. The summed E-state index contributed by atoms with van der Waals surface area (Å²) < 4.78 is 16.7. The molecule has 0 radical (unpaired) electrons. The monoisotopic (exact) mass is 582 g/mol. The van der Waals surface area contributed by atoms with Crippen LogP contribution in [0.1, 0.15) is 49.3 Å². The molecule has 0 unspecified atom stereocenters. The Bertz CT molecular complexity index is 1260. The Morgan fingerprint density at radius 1 is 1.07 bits per heavy atom. The number of hydrogen-bond acceptors (Lipinski definition) is 7. The van der Waals surface area contributed by atoms with Gasteiger partial charge in [-0.05, 0) is 37.1 Å². The van der Waals surface area contributed by atoms with Crippen LogP contribution in [0.5, 0.6) is 11.5 Å². The molecule has 2 heterocycles. The van der Waals surface area contributed by atoms with Gasteiger partial charge >= 0.3 is 0 Å². The predicted molar refractivity (Wildman–Crippen MR) is 158 cm³/mol. The molecule has 2 aromatic carbocycles. The molecule has 2 aromatic rings. The van der Waals surface area contributed by atoms with Crippen LogP contribution in [0, 0.1) is 5.92 Å². The fourth-order valence-electron chi connectivity index (χ4n) is 5.96. The highest BCUT2D eigenvalue weighted by Gasteiger charge is 2.37. The second-order valence-electron chi connectivity index (χ2n) is 10.8. The van der Waals surface area contributed by atoms with E-state index in [1.54, 1.807) is 19.1 Å².